The molecule has 6 nitrogen and oxygen atoms in total. The number of likely N-dealkylation sites (tertiary alicyclic amines) is 1. The molecule has 1 aromatic rings. The number of halogens is 1. The minimum Gasteiger partial charge on any atom is -0.460 e. The number of hydrogen-bond acceptors (Lipinski definition) is 5. The Morgan fingerprint density at radius 3 is 2.52 bits per heavy atom. The summed E-state index contributed by atoms with van der Waals surface area (Å²) in [6, 6.07) is 11.1. The van der Waals surface area contributed by atoms with E-state index in [-0.39, 0.29) is 12.5 Å². The average Bonchev–Trinajstić information content (AvgIpc) is 2.61. The van der Waals surface area contributed by atoms with Gasteiger partial charge in [0.25, 0.3) is 0 Å². The van der Waals surface area contributed by atoms with Gasteiger partial charge >= 0.3 is 5.97 Å². The minimum atomic E-state index is -0.665. The molecular formula is C16H18IN3O3. The molecule has 0 radical (unpaired) electrons. The summed E-state index contributed by atoms with van der Waals surface area (Å²) in [5.41, 5.74) is -0.182. The van der Waals surface area contributed by atoms with E-state index >= 15 is 0 Å². The number of carbonyl (C=O) groups excluding carboxylic acids is 2. The number of piperidine rings is 1. The van der Waals surface area contributed by atoms with Gasteiger partial charge in [0.05, 0.1) is 46.5 Å². The molecular weight excluding hydrogens is 409 g/mol. The quantitative estimate of drug-likeness (QED) is 0.441. The molecule has 23 heavy (non-hydrogen) atoms. The molecule has 0 aromatic heterocycles. The second-order valence-corrected chi connectivity index (χ2v) is 6.17. The summed E-state index contributed by atoms with van der Waals surface area (Å²) in [6.45, 7) is 1.69. The Kier molecular flexibility index (Phi) is 6.36. The second-order valence-electron chi connectivity index (χ2n) is 5.63. The first-order valence-corrected chi connectivity index (χ1v) is 8.42. The number of benzene rings is 1. The van der Waals surface area contributed by atoms with Gasteiger partial charge in [-0.25, -0.2) is 4.79 Å². The third kappa shape index (κ3) is 4.91. The first kappa shape index (κ1) is 17.7. The molecule has 0 unspecified atom stereocenters. The van der Waals surface area contributed by atoms with Gasteiger partial charge < -0.3 is 4.74 Å². The molecule has 7 heteroatoms. The van der Waals surface area contributed by atoms with Gasteiger partial charge in [-0.1, -0.05) is 18.2 Å². The fourth-order valence-electron chi connectivity index (χ4n) is 2.52. The summed E-state index contributed by atoms with van der Waals surface area (Å²) in [7, 11) is 0. The van der Waals surface area contributed by atoms with Gasteiger partial charge in [0.1, 0.15) is 6.61 Å². The standard InChI is InChI=1S/C16H18IN3O3/c17-19-14(21)10-20-8-6-16(11-18,7-9-20)12-23-15(22)13-4-2-1-3-5-13/h1-5H,6-10,12H2,(H,19,21). The molecule has 1 heterocycles. The molecule has 1 aromatic carbocycles. The maximum Gasteiger partial charge on any atom is 0.338 e. The maximum absolute atomic E-state index is 12.0. The van der Waals surface area contributed by atoms with Gasteiger partial charge in [-0.2, -0.15) is 5.26 Å². The van der Waals surface area contributed by atoms with E-state index in [9.17, 15) is 14.9 Å². The van der Waals surface area contributed by atoms with E-state index < -0.39 is 11.4 Å². The van der Waals surface area contributed by atoms with Gasteiger partial charge in [-0.15, -0.1) is 0 Å². The lowest BCUT2D eigenvalue weighted by atomic mass is 9.80. The van der Waals surface area contributed by atoms with Crippen molar-refractivity contribution in [2.24, 2.45) is 5.41 Å². The zero-order valence-electron chi connectivity index (χ0n) is 12.6. The largest absolute Gasteiger partial charge is 0.460 e. The lowest BCUT2D eigenvalue weighted by Crippen LogP contribution is -2.45. The topological polar surface area (TPSA) is 82.4 Å². The van der Waals surface area contributed by atoms with Crippen molar-refractivity contribution in [2.75, 3.05) is 26.2 Å². The predicted molar refractivity (Wildman–Crippen MR) is 92.6 cm³/mol. The Morgan fingerprint density at radius 1 is 1.30 bits per heavy atom. The van der Waals surface area contributed by atoms with Crippen LogP contribution in [0, 0.1) is 16.7 Å². The van der Waals surface area contributed by atoms with Crippen molar-refractivity contribution < 1.29 is 14.3 Å². The van der Waals surface area contributed by atoms with E-state index in [0.29, 0.717) is 38.0 Å². The Bertz CT molecular complexity index is 592. The van der Waals surface area contributed by atoms with Crippen LogP contribution in [0.4, 0.5) is 0 Å². The zero-order chi connectivity index (χ0) is 16.7. The van der Waals surface area contributed by atoms with Crippen LogP contribution in [0.2, 0.25) is 0 Å². The average molecular weight is 427 g/mol. The molecule has 0 saturated carbocycles. The van der Waals surface area contributed by atoms with Crippen LogP contribution in [-0.4, -0.2) is 43.0 Å². The molecule has 1 aliphatic heterocycles. The molecule has 1 aliphatic rings. The normalized spacial score (nSPS) is 17.0. The highest BCUT2D eigenvalue weighted by Crippen LogP contribution is 2.31. The van der Waals surface area contributed by atoms with E-state index in [2.05, 4.69) is 9.60 Å². The fraction of sp³-hybridized carbons (Fsp3) is 0.438. The van der Waals surface area contributed by atoms with Crippen molar-refractivity contribution >= 4 is 34.7 Å². The number of hydrogen-bond donors (Lipinski definition) is 1. The monoisotopic (exact) mass is 427 g/mol. The van der Waals surface area contributed by atoms with E-state index in [1.54, 1.807) is 24.3 Å². The summed E-state index contributed by atoms with van der Waals surface area (Å²) in [5.74, 6) is -0.461. The lowest BCUT2D eigenvalue weighted by molar-refractivity contribution is -0.120. The van der Waals surface area contributed by atoms with E-state index in [1.807, 2.05) is 33.8 Å². The van der Waals surface area contributed by atoms with Crippen LogP contribution in [0.15, 0.2) is 30.3 Å². The number of nitrogens with one attached hydrogen (secondary N) is 1. The molecule has 122 valence electrons. The molecule has 1 saturated heterocycles. The summed E-state index contributed by atoms with van der Waals surface area (Å²) in [5, 5.41) is 9.50. The number of carbonyl (C=O) groups is 2. The first-order valence-electron chi connectivity index (χ1n) is 7.34. The van der Waals surface area contributed by atoms with Crippen LogP contribution in [0.3, 0.4) is 0 Å². The van der Waals surface area contributed by atoms with Crippen LogP contribution in [0.25, 0.3) is 0 Å². The van der Waals surface area contributed by atoms with Crippen LogP contribution in [0.1, 0.15) is 23.2 Å². The van der Waals surface area contributed by atoms with Gasteiger partial charge in [-0.3, -0.25) is 13.2 Å². The van der Waals surface area contributed by atoms with E-state index in [4.69, 9.17) is 4.74 Å². The SMILES string of the molecule is N#CC1(COC(=O)c2ccccc2)CCN(CC(=O)NI)CC1. The highest BCUT2D eigenvalue weighted by molar-refractivity contribution is 14.1. The number of esters is 1. The van der Waals surface area contributed by atoms with Crippen molar-refractivity contribution in [1.29, 1.82) is 5.26 Å². The first-order chi connectivity index (χ1) is 11.1. The van der Waals surface area contributed by atoms with Gasteiger partial charge in [0.15, 0.2) is 0 Å². The number of rotatable bonds is 5. The Hall–Kier alpha value is -1.66. The minimum absolute atomic E-state index is 0.0504. The van der Waals surface area contributed by atoms with Gasteiger partial charge in [-0.05, 0) is 25.0 Å². The highest BCUT2D eigenvalue weighted by Gasteiger charge is 2.36. The lowest BCUT2D eigenvalue weighted by Gasteiger charge is -2.36. The smallest absolute Gasteiger partial charge is 0.338 e. The Balaban J connectivity index is 1.87. The number of amides is 1. The summed E-state index contributed by atoms with van der Waals surface area (Å²) in [4.78, 5) is 25.4. The van der Waals surface area contributed by atoms with Crippen LogP contribution >= 0.6 is 22.9 Å². The molecule has 0 bridgehead atoms. The highest BCUT2D eigenvalue weighted by atomic mass is 127. The maximum atomic E-state index is 12.0. The van der Waals surface area contributed by atoms with E-state index in [0.717, 1.165) is 0 Å². The summed E-state index contributed by atoms with van der Waals surface area (Å²) in [6.07, 6.45) is 1.17. The Morgan fingerprint density at radius 2 is 1.96 bits per heavy atom. The zero-order valence-corrected chi connectivity index (χ0v) is 14.8. The Labute approximate surface area is 149 Å². The molecule has 1 fully saturated rings. The molecule has 1 amide bonds. The molecule has 1 N–H and O–H groups in total. The van der Waals surface area contributed by atoms with Crippen molar-refractivity contribution in [1.82, 2.24) is 8.43 Å². The van der Waals surface area contributed by atoms with Crippen LogP contribution in [0.5, 0.6) is 0 Å². The number of nitrogens with zero attached hydrogens (tertiary/aromatic N) is 2. The van der Waals surface area contributed by atoms with Crippen molar-refractivity contribution in [3.63, 3.8) is 0 Å². The number of ether oxygens (including phenoxy) is 1. The third-order valence-corrected chi connectivity index (χ3v) is 4.61. The van der Waals surface area contributed by atoms with Gasteiger partial charge in [0.2, 0.25) is 5.91 Å². The molecule has 2 rings (SSSR count). The predicted octanol–water partition coefficient (Wildman–Crippen LogP) is 1.92. The second kappa shape index (κ2) is 8.26. The van der Waals surface area contributed by atoms with Crippen molar-refractivity contribution in [3.8, 4) is 6.07 Å². The fourth-order valence-corrected chi connectivity index (χ4v) is 2.69. The van der Waals surface area contributed by atoms with Crippen molar-refractivity contribution in [2.45, 2.75) is 12.8 Å². The molecule has 0 spiro atoms. The van der Waals surface area contributed by atoms with Crippen LogP contribution in [-0.2, 0) is 9.53 Å². The summed E-state index contributed by atoms with van der Waals surface area (Å²) < 4.78 is 7.90. The molecule has 0 atom stereocenters. The number of nitriles is 1. The van der Waals surface area contributed by atoms with Crippen molar-refractivity contribution in [3.05, 3.63) is 35.9 Å². The summed E-state index contributed by atoms with van der Waals surface area (Å²) >= 11 is 1.81. The van der Waals surface area contributed by atoms with Gasteiger partial charge in [0, 0.05) is 13.1 Å². The molecule has 0 aliphatic carbocycles. The third-order valence-electron chi connectivity index (χ3n) is 4.01. The van der Waals surface area contributed by atoms with Crippen LogP contribution < -0.4 is 3.53 Å². The van der Waals surface area contributed by atoms with E-state index in [1.165, 1.54) is 0 Å².